The Morgan fingerprint density at radius 2 is 2.21 bits per heavy atom. The van der Waals surface area contributed by atoms with E-state index in [0.29, 0.717) is 11.4 Å². The van der Waals surface area contributed by atoms with E-state index in [0.717, 1.165) is 21.7 Å². The molecule has 1 aromatic carbocycles. The number of carbonyl (C=O) groups is 1. The van der Waals surface area contributed by atoms with Crippen molar-refractivity contribution in [3.05, 3.63) is 50.7 Å². The van der Waals surface area contributed by atoms with Crippen molar-refractivity contribution in [2.45, 2.75) is 12.5 Å². The number of aliphatic hydroxyl groups excluding tert-OH is 1. The predicted molar refractivity (Wildman–Crippen MR) is 76.9 cm³/mol. The van der Waals surface area contributed by atoms with Crippen molar-refractivity contribution >= 4 is 34.5 Å². The number of anilines is 1. The van der Waals surface area contributed by atoms with Crippen LogP contribution in [0.15, 0.2) is 29.6 Å². The highest BCUT2D eigenvalue weighted by molar-refractivity contribution is 7.10. The molecular weight excluding hydrogens is 282 g/mol. The summed E-state index contributed by atoms with van der Waals surface area (Å²) in [4.78, 5) is 14.0. The number of rotatable bonds is 2. The normalized spacial score (nSPS) is 15.7. The van der Waals surface area contributed by atoms with Crippen molar-refractivity contribution in [1.29, 1.82) is 0 Å². The van der Waals surface area contributed by atoms with Crippen LogP contribution in [0.3, 0.4) is 0 Å². The van der Waals surface area contributed by atoms with E-state index in [1.54, 1.807) is 18.0 Å². The van der Waals surface area contributed by atoms with Crippen molar-refractivity contribution in [3.63, 3.8) is 0 Å². The Labute approximate surface area is 120 Å². The third kappa shape index (κ3) is 2.06. The van der Waals surface area contributed by atoms with Crippen LogP contribution >= 0.6 is 22.9 Å². The highest BCUT2D eigenvalue weighted by atomic mass is 35.5. The maximum Gasteiger partial charge on any atom is 0.231 e. The Morgan fingerprint density at radius 1 is 1.42 bits per heavy atom. The van der Waals surface area contributed by atoms with Crippen LogP contribution in [0.4, 0.5) is 5.69 Å². The number of carbonyl (C=O) groups excluding carboxylic acids is 1. The van der Waals surface area contributed by atoms with Crippen LogP contribution in [0.2, 0.25) is 5.02 Å². The molecule has 1 aliphatic rings. The van der Waals surface area contributed by atoms with E-state index in [9.17, 15) is 9.90 Å². The molecule has 0 bridgehead atoms. The molecule has 0 radical (unpaired) electrons. The van der Waals surface area contributed by atoms with Crippen LogP contribution in [-0.2, 0) is 11.2 Å². The Morgan fingerprint density at radius 3 is 2.89 bits per heavy atom. The van der Waals surface area contributed by atoms with Gasteiger partial charge in [-0.1, -0.05) is 23.7 Å². The molecule has 98 valence electrons. The average Bonchev–Trinajstić information content (AvgIpc) is 2.93. The van der Waals surface area contributed by atoms with E-state index in [1.165, 1.54) is 11.3 Å². The standard InChI is InChI=1S/C14H12ClNO2S/c1-16-11-3-2-8(6-9(11)7-12(16)17)13(18)14-10(15)4-5-19-14/h2-6,13,18H,7H2,1H3. The lowest BCUT2D eigenvalue weighted by molar-refractivity contribution is -0.117. The number of likely N-dealkylation sites (N-methyl/N-ethyl adjacent to an activating group) is 1. The minimum Gasteiger partial charge on any atom is -0.383 e. The summed E-state index contributed by atoms with van der Waals surface area (Å²) in [6.45, 7) is 0. The summed E-state index contributed by atoms with van der Waals surface area (Å²) in [6, 6.07) is 7.38. The van der Waals surface area contributed by atoms with E-state index in [2.05, 4.69) is 0 Å². The van der Waals surface area contributed by atoms with E-state index >= 15 is 0 Å². The molecule has 0 aliphatic carbocycles. The Hall–Kier alpha value is -1.36. The van der Waals surface area contributed by atoms with Gasteiger partial charge in [0.05, 0.1) is 16.3 Å². The van der Waals surface area contributed by atoms with Gasteiger partial charge in [0.25, 0.3) is 0 Å². The molecule has 1 atom stereocenters. The number of halogens is 1. The first-order valence-corrected chi connectivity index (χ1v) is 7.14. The zero-order valence-electron chi connectivity index (χ0n) is 10.3. The first-order valence-electron chi connectivity index (χ1n) is 5.88. The quantitative estimate of drug-likeness (QED) is 0.925. The van der Waals surface area contributed by atoms with Gasteiger partial charge in [-0.3, -0.25) is 4.79 Å². The molecular formula is C14H12ClNO2S. The summed E-state index contributed by atoms with van der Waals surface area (Å²) in [5.74, 6) is 0.0794. The molecule has 19 heavy (non-hydrogen) atoms. The van der Waals surface area contributed by atoms with Crippen molar-refractivity contribution in [1.82, 2.24) is 0 Å². The predicted octanol–water partition coefficient (Wildman–Crippen LogP) is 3.00. The third-order valence-electron chi connectivity index (χ3n) is 3.39. The topological polar surface area (TPSA) is 40.5 Å². The van der Waals surface area contributed by atoms with Gasteiger partial charge in [0.2, 0.25) is 5.91 Å². The highest BCUT2D eigenvalue weighted by Crippen LogP contribution is 2.36. The number of nitrogens with zero attached hydrogens (tertiary/aromatic N) is 1. The van der Waals surface area contributed by atoms with Gasteiger partial charge in [-0.05, 0) is 28.6 Å². The van der Waals surface area contributed by atoms with Crippen molar-refractivity contribution in [3.8, 4) is 0 Å². The number of amides is 1. The van der Waals surface area contributed by atoms with Gasteiger partial charge in [0.1, 0.15) is 6.10 Å². The summed E-state index contributed by atoms with van der Waals surface area (Å²) in [7, 11) is 1.76. The molecule has 1 N–H and O–H groups in total. The third-order valence-corrected chi connectivity index (χ3v) is 4.80. The van der Waals surface area contributed by atoms with Crippen molar-refractivity contribution < 1.29 is 9.90 Å². The molecule has 2 aromatic rings. The Balaban J connectivity index is 1.98. The van der Waals surface area contributed by atoms with Crippen LogP contribution in [-0.4, -0.2) is 18.1 Å². The number of hydrogen-bond acceptors (Lipinski definition) is 3. The maximum absolute atomic E-state index is 11.6. The molecule has 2 heterocycles. The fraction of sp³-hybridized carbons (Fsp3) is 0.214. The number of benzene rings is 1. The Kier molecular flexibility index (Phi) is 3.09. The largest absolute Gasteiger partial charge is 0.383 e. The van der Waals surface area contributed by atoms with Gasteiger partial charge >= 0.3 is 0 Å². The number of fused-ring (bicyclic) bond motifs is 1. The second kappa shape index (κ2) is 4.63. The zero-order chi connectivity index (χ0) is 13.6. The number of hydrogen-bond donors (Lipinski definition) is 1. The lowest BCUT2D eigenvalue weighted by Gasteiger charge is -2.13. The maximum atomic E-state index is 11.6. The van der Waals surface area contributed by atoms with Crippen molar-refractivity contribution in [2.24, 2.45) is 0 Å². The molecule has 0 spiro atoms. The molecule has 1 aromatic heterocycles. The van der Waals surface area contributed by atoms with Gasteiger partial charge in [0, 0.05) is 12.7 Å². The Bertz CT molecular complexity index is 653. The molecule has 0 saturated heterocycles. The SMILES string of the molecule is CN1C(=O)Cc2cc(C(O)c3sccc3Cl)ccc21. The summed E-state index contributed by atoms with van der Waals surface area (Å²) < 4.78 is 0. The molecule has 1 aliphatic heterocycles. The van der Waals surface area contributed by atoms with Crippen molar-refractivity contribution in [2.75, 3.05) is 11.9 Å². The summed E-state index contributed by atoms with van der Waals surface area (Å²) in [5.41, 5.74) is 2.64. The van der Waals surface area contributed by atoms with E-state index < -0.39 is 6.10 Å². The van der Waals surface area contributed by atoms with E-state index in [-0.39, 0.29) is 5.91 Å². The number of thiophene rings is 1. The minimum atomic E-state index is -0.737. The molecule has 0 saturated carbocycles. The van der Waals surface area contributed by atoms with Gasteiger partial charge in [-0.2, -0.15) is 0 Å². The van der Waals surface area contributed by atoms with Crippen LogP contribution in [0.5, 0.6) is 0 Å². The first kappa shape index (κ1) is 12.7. The van der Waals surface area contributed by atoms with Crippen LogP contribution in [0.25, 0.3) is 0 Å². The highest BCUT2D eigenvalue weighted by Gasteiger charge is 2.25. The molecule has 3 nitrogen and oxygen atoms in total. The molecule has 1 amide bonds. The summed E-state index contributed by atoms with van der Waals surface area (Å²) in [6.07, 6.45) is -0.344. The lowest BCUT2D eigenvalue weighted by Crippen LogP contribution is -2.20. The van der Waals surface area contributed by atoms with E-state index in [1.807, 2.05) is 23.6 Å². The minimum absolute atomic E-state index is 0.0794. The molecule has 1 unspecified atom stereocenters. The first-order chi connectivity index (χ1) is 9.08. The van der Waals surface area contributed by atoms with E-state index in [4.69, 9.17) is 11.6 Å². The fourth-order valence-electron chi connectivity index (χ4n) is 2.31. The second-order valence-electron chi connectivity index (χ2n) is 4.55. The average molecular weight is 294 g/mol. The summed E-state index contributed by atoms with van der Waals surface area (Å²) in [5, 5.41) is 12.8. The molecule has 3 rings (SSSR count). The zero-order valence-corrected chi connectivity index (χ0v) is 11.8. The second-order valence-corrected chi connectivity index (χ2v) is 5.91. The molecule has 0 fully saturated rings. The van der Waals surface area contributed by atoms with Crippen LogP contribution < -0.4 is 4.90 Å². The van der Waals surface area contributed by atoms with Gasteiger partial charge in [0.15, 0.2) is 0 Å². The smallest absolute Gasteiger partial charge is 0.231 e. The van der Waals surface area contributed by atoms with Gasteiger partial charge in [-0.25, -0.2) is 0 Å². The number of aliphatic hydroxyl groups is 1. The van der Waals surface area contributed by atoms with Crippen LogP contribution in [0.1, 0.15) is 22.1 Å². The molecule has 5 heteroatoms. The van der Waals surface area contributed by atoms with Crippen LogP contribution in [0, 0.1) is 0 Å². The summed E-state index contributed by atoms with van der Waals surface area (Å²) >= 11 is 7.46. The fourth-order valence-corrected chi connectivity index (χ4v) is 3.48. The monoisotopic (exact) mass is 293 g/mol. The van der Waals surface area contributed by atoms with Gasteiger partial charge < -0.3 is 10.0 Å². The lowest BCUT2D eigenvalue weighted by atomic mass is 10.0. The van der Waals surface area contributed by atoms with Gasteiger partial charge in [-0.15, -0.1) is 11.3 Å².